The summed E-state index contributed by atoms with van der Waals surface area (Å²) < 4.78 is 29.3. The first-order chi connectivity index (χ1) is 16.7. The number of sulfonamides is 1. The lowest BCUT2D eigenvalue weighted by Gasteiger charge is -2.38. The van der Waals surface area contributed by atoms with E-state index in [1.54, 1.807) is 18.3 Å². The summed E-state index contributed by atoms with van der Waals surface area (Å²) in [6, 6.07) is 14.3. The highest BCUT2D eigenvalue weighted by Gasteiger charge is 2.23. The van der Waals surface area contributed by atoms with E-state index in [1.807, 2.05) is 50.2 Å². The fourth-order valence-corrected chi connectivity index (χ4v) is 4.59. The maximum atomic E-state index is 11.6. The van der Waals surface area contributed by atoms with Crippen LogP contribution in [-0.4, -0.2) is 67.6 Å². The topological polar surface area (TPSA) is 114 Å². The van der Waals surface area contributed by atoms with Gasteiger partial charge >= 0.3 is 0 Å². The standard InChI is InChI=1S/C25H32N6O3S/c1-18-4-9-23(19(2)28-18)34-21-10-11-27-24(17-21)29-25(31-14-12-30(3)13-15-31)16-20-5-7-22(8-6-20)35(26,32)33/h4-11,17,25H,12-16H2,1-3H3,(H,27,29)(H2,26,32,33). The van der Waals surface area contributed by atoms with Crippen molar-refractivity contribution in [1.82, 2.24) is 19.8 Å². The van der Waals surface area contributed by atoms with Crippen molar-refractivity contribution in [3.05, 3.63) is 71.7 Å². The van der Waals surface area contributed by atoms with Crippen LogP contribution in [-0.2, 0) is 16.4 Å². The van der Waals surface area contributed by atoms with Gasteiger partial charge in [0.05, 0.1) is 16.8 Å². The molecule has 1 unspecified atom stereocenters. The molecule has 0 radical (unpaired) electrons. The van der Waals surface area contributed by atoms with E-state index in [4.69, 9.17) is 9.88 Å². The second-order valence-corrected chi connectivity index (χ2v) is 10.5. The van der Waals surface area contributed by atoms with Crippen LogP contribution in [0, 0.1) is 13.8 Å². The molecule has 3 heterocycles. The number of nitrogens with zero attached hydrogens (tertiary/aromatic N) is 4. The van der Waals surface area contributed by atoms with E-state index in [2.05, 4.69) is 32.1 Å². The zero-order chi connectivity index (χ0) is 25.0. The van der Waals surface area contributed by atoms with Crippen LogP contribution in [0.5, 0.6) is 11.5 Å². The average Bonchev–Trinajstić information content (AvgIpc) is 2.81. The predicted octanol–water partition coefficient (Wildman–Crippen LogP) is 2.76. The number of anilines is 1. The van der Waals surface area contributed by atoms with Crippen LogP contribution in [0.4, 0.5) is 5.82 Å². The molecule has 0 amide bonds. The maximum absolute atomic E-state index is 11.6. The largest absolute Gasteiger partial charge is 0.455 e. The van der Waals surface area contributed by atoms with E-state index in [0.29, 0.717) is 23.7 Å². The predicted molar refractivity (Wildman–Crippen MR) is 136 cm³/mol. The van der Waals surface area contributed by atoms with Crippen LogP contribution in [0.15, 0.2) is 59.6 Å². The number of benzene rings is 1. The normalized spacial score (nSPS) is 16.1. The number of pyridine rings is 2. The number of piperazine rings is 1. The van der Waals surface area contributed by atoms with Crippen molar-refractivity contribution < 1.29 is 13.2 Å². The summed E-state index contributed by atoms with van der Waals surface area (Å²) >= 11 is 0. The molecule has 0 saturated carbocycles. The molecule has 35 heavy (non-hydrogen) atoms. The molecule has 1 aliphatic heterocycles. The number of likely N-dealkylation sites (N-methyl/N-ethyl adjacent to an activating group) is 1. The molecule has 0 bridgehead atoms. The monoisotopic (exact) mass is 496 g/mol. The Labute approximate surface area is 207 Å². The number of aromatic nitrogens is 2. The van der Waals surface area contributed by atoms with E-state index in [1.165, 1.54) is 0 Å². The Morgan fingerprint density at radius 2 is 1.77 bits per heavy atom. The van der Waals surface area contributed by atoms with Gasteiger partial charge in [-0.05, 0) is 56.8 Å². The summed E-state index contributed by atoms with van der Waals surface area (Å²) in [5.74, 6) is 2.08. The van der Waals surface area contributed by atoms with Gasteiger partial charge in [-0.3, -0.25) is 9.88 Å². The highest BCUT2D eigenvalue weighted by atomic mass is 32.2. The van der Waals surface area contributed by atoms with Crippen molar-refractivity contribution >= 4 is 15.8 Å². The Morgan fingerprint density at radius 3 is 2.43 bits per heavy atom. The molecule has 186 valence electrons. The van der Waals surface area contributed by atoms with Crippen molar-refractivity contribution in [2.75, 3.05) is 38.5 Å². The Bertz CT molecular complexity index is 1260. The van der Waals surface area contributed by atoms with Crippen LogP contribution in [0.3, 0.4) is 0 Å². The van der Waals surface area contributed by atoms with Crippen molar-refractivity contribution in [3.63, 3.8) is 0 Å². The van der Waals surface area contributed by atoms with E-state index < -0.39 is 10.0 Å². The van der Waals surface area contributed by atoms with Crippen LogP contribution in [0.1, 0.15) is 17.0 Å². The number of nitrogens with one attached hydrogen (secondary N) is 1. The third kappa shape index (κ3) is 6.76. The van der Waals surface area contributed by atoms with Gasteiger partial charge in [0.1, 0.15) is 17.3 Å². The minimum absolute atomic E-state index is 0.0328. The molecule has 1 aromatic carbocycles. The molecule has 1 saturated heterocycles. The fourth-order valence-electron chi connectivity index (χ4n) is 4.08. The Kier molecular flexibility index (Phi) is 7.66. The first-order valence-electron chi connectivity index (χ1n) is 11.6. The number of rotatable bonds is 8. The van der Waals surface area contributed by atoms with Crippen molar-refractivity contribution in [1.29, 1.82) is 0 Å². The van der Waals surface area contributed by atoms with Gasteiger partial charge in [0.2, 0.25) is 10.0 Å². The lowest BCUT2D eigenvalue weighted by atomic mass is 10.1. The molecule has 1 atom stereocenters. The highest BCUT2D eigenvalue weighted by Crippen LogP contribution is 2.26. The molecule has 0 spiro atoms. The molecular formula is C25H32N6O3S. The Morgan fingerprint density at radius 1 is 1.06 bits per heavy atom. The van der Waals surface area contributed by atoms with Gasteiger partial charge in [-0.1, -0.05) is 12.1 Å². The summed E-state index contributed by atoms with van der Waals surface area (Å²) in [7, 11) is -1.60. The summed E-state index contributed by atoms with van der Waals surface area (Å²) in [6.45, 7) is 7.64. The molecule has 1 fully saturated rings. The van der Waals surface area contributed by atoms with Gasteiger partial charge in [-0.2, -0.15) is 0 Å². The third-order valence-corrected chi connectivity index (χ3v) is 7.04. The fraction of sp³-hybridized carbons (Fsp3) is 0.360. The van der Waals surface area contributed by atoms with Gasteiger partial charge in [-0.15, -0.1) is 0 Å². The quantitative estimate of drug-likeness (QED) is 0.489. The van der Waals surface area contributed by atoms with Gasteiger partial charge in [0, 0.05) is 50.6 Å². The number of hydrogen-bond acceptors (Lipinski definition) is 8. The SMILES string of the molecule is Cc1ccc(Oc2ccnc(NC(Cc3ccc(S(N)(=O)=O)cc3)N3CCN(C)CC3)c2)c(C)n1. The van der Waals surface area contributed by atoms with Crippen LogP contribution < -0.4 is 15.2 Å². The number of ether oxygens (including phenoxy) is 1. The lowest BCUT2D eigenvalue weighted by Crippen LogP contribution is -2.52. The van der Waals surface area contributed by atoms with E-state index in [9.17, 15) is 8.42 Å². The summed E-state index contributed by atoms with van der Waals surface area (Å²) in [5, 5.41) is 8.81. The van der Waals surface area contributed by atoms with E-state index in [-0.39, 0.29) is 11.1 Å². The zero-order valence-electron chi connectivity index (χ0n) is 20.3. The van der Waals surface area contributed by atoms with Crippen molar-refractivity contribution in [2.45, 2.75) is 31.3 Å². The maximum Gasteiger partial charge on any atom is 0.238 e. The Hall–Kier alpha value is -3.05. The van der Waals surface area contributed by atoms with E-state index >= 15 is 0 Å². The summed E-state index contributed by atoms with van der Waals surface area (Å²) in [6.07, 6.45) is 2.36. The average molecular weight is 497 g/mol. The third-order valence-electron chi connectivity index (χ3n) is 6.11. The molecule has 3 N–H and O–H groups in total. The number of hydrogen-bond donors (Lipinski definition) is 2. The van der Waals surface area contributed by atoms with Crippen LogP contribution in [0.2, 0.25) is 0 Å². The highest BCUT2D eigenvalue weighted by molar-refractivity contribution is 7.89. The molecule has 2 aromatic heterocycles. The molecule has 9 nitrogen and oxygen atoms in total. The number of primary sulfonamides is 1. The summed E-state index contributed by atoms with van der Waals surface area (Å²) in [4.78, 5) is 13.8. The molecule has 4 rings (SSSR count). The van der Waals surface area contributed by atoms with Crippen LogP contribution >= 0.6 is 0 Å². The van der Waals surface area contributed by atoms with Gasteiger partial charge < -0.3 is 15.0 Å². The second kappa shape index (κ2) is 10.7. The van der Waals surface area contributed by atoms with Crippen LogP contribution in [0.25, 0.3) is 0 Å². The summed E-state index contributed by atoms with van der Waals surface area (Å²) in [5.41, 5.74) is 2.77. The van der Waals surface area contributed by atoms with Gasteiger partial charge in [-0.25, -0.2) is 18.5 Å². The minimum atomic E-state index is -3.72. The minimum Gasteiger partial charge on any atom is -0.455 e. The first kappa shape index (κ1) is 25.1. The van der Waals surface area contributed by atoms with E-state index in [0.717, 1.165) is 43.1 Å². The van der Waals surface area contributed by atoms with Crippen molar-refractivity contribution in [3.8, 4) is 11.5 Å². The molecule has 0 aliphatic carbocycles. The lowest BCUT2D eigenvalue weighted by molar-refractivity contribution is 0.122. The number of aryl methyl sites for hydroxylation is 2. The van der Waals surface area contributed by atoms with Crippen molar-refractivity contribution in [2.24, 2.45) is 5.14 Å². The Balaban J connectivity index is 1.53. The molecule has 1 aliphatic rings. The zero-order valence-corrected chi connectivity index (χ0v) is 21.1. The second-order valence-electron chi connectivity index (χ2n) is 8.91. The molecule has 3 aromatic rings. The smallest absolute Gasteiger partial charge is 0.238 e. The van der Waals surface area contributed by atoms with Gasteiger partial charge in [0.15, 0.2) is 0 Å². The van der Waals surface area contributed by atoms with Gasteiger partial charge in [0.25, 0.3) is 0 Å². The molecule has 10 heteroatoms. The number of nitrogens with two attached hydrogens (primary N) is 1. The first-order valence-corrected chi connectivity index (χ1v) is 13.1. The molecular weight excluding hydrogens is 464 g/mol.